The summed E-state index contributed by atoms with van der Waals surface area (Å²) in [5, 5.41) is 9.32. The van der Waals surface area contributed by atoms with E-state index in [1.54, 1.807) is 0 Å². The SMILES string of the molecule is Cc1ccc(-c2ccc(C(OO)c3ccc(C)cc3)cc2)cc1. The van der Waals surface area contributed by atoms with Gasteiger partial charge in [0, 0.05) is 0 Å². The Morgan fingerprint density at radius 1 is 0.609 bits per heavy atom. The van der Waals surface area contributed by atoms with Crippen molar-refractivity contribution in [1.29, 1.82) is 0 Å². The Balaban J connectivity index is 1.88. The maximum absolute atomic E-state index is 9.32. The van der Waals surface area contributed by atoms with E-state index in [9.17, 15) is 5.26 Å². The van der Waals surface area contributed by atoms with E-state index in [-0.39, 0.29) is 0 Å². The number of benzene rings is 3. The lowest BCUT2D eigenvalue weighted by molar-refractivity contribution is -0.270. The molecule has 23 heavy (non-hydrogen) atoms. The standard InChI is InChI=1S/C21H20O2/c1-15-3-7-17(8-4-15)18-11-13-20(14-12-18)21(23-22)19-9-5-16(2)6-10-19/h3-14,21-22H,1-2H3. The third-order valence-corrected chi connectivity index (χ3v) is 4.08. The van der Waals surface area contributed by atoms with Crippen molar-refractivity contribution in [2.24, 2.45) is 0 Å². The lowest BCUT2D eigenvalue weighted by Crippen LogP contribution is -2.03. The van der Waals surface area contributed by atoms with E-state index in [0.29, 0.717) is 0 Å². The maximum Gasteiger partial charge on any atom is 0.143 e. The van der Waals surface area contributed by atoms with Crippen molar-refractivity contribution in [2.75, 3.05) is 0 Å². The van der Waals surface area contributed by atoms with E-state index in [1.807, 2.05) is 43.3 Å². The van der Waals surface area contributed by atoms with Gasteiger partial charge in [0.05, 0.1) is 0 Å². The molecule has 0 amide bonds. The van der Waals surface area contributed by atoms with Crippen molar-refractivity contribution in [1.82, 2.24) is 0 Å². The minimum absolute atomic E-state index is 0.470. The lowest BCUT2D eigenvalue weighted by atomic mass is 9.97. The van der Waals surface area contributed by atoms with E-state index in [1.165, 1.54) is 16.7 Å². The van der Waals surface area contributed by atoms with Gasteiger partial charge in [0.1, 0.15) is 6.10 Å². The molecule has 2 heteroatoms. The first-order chi connectivity index (χ1) is 11.2. The first kappa shape index (κ1) is 15.5. The van der Waals surface area contributed by atoms with Crippen LogP contribution in [0.25, 0.3) is 11.1 Å². The van der Waals surface area contributed by atoms with Crippen LogP contribution in [0.3, 0.4) is 0 Å². The summed E-state index contributed by atoms with van der Waals surface area (Å²) in [5.41, 5.74) is 6.61. The Hall–Kier alpha value is -2.42. The summed E-state index contributed by atoms with van der Waals surface area (Å²) >= 11 is 0. The zero-order valence-electron chi connectivity index (χ0n) is 13.4. The Kier molecular flexibility index (Phi) is 4.56. The fraction of sp³-hybridized carbons (Fsp3) is 0.143. The van der Waals surface area contributed by atoms with Gasteiger partial charge < -0.3 is 0 Å². The summed E-state index contributed by atoms with van der Waals surface area (Å²) in [5.74, 6) is 0. The minimum atomic E-state index is -0.470. The van der Waals surface area contributed by atoms with Crippen LogP contribution >= 0.6 is 0 Å². The van der Waals surface area contributed by atoms with Crippen molar-refractivity contribution in [2.45, 2.75) is 20.0 Å². The van der Waals surface area contributed by atoms with Gasteiger partial charge in [-0.2, -0.15) is 0 Å². The van der Waals surface area contributed by atoms with Gasteiger partial charge >= 0.3 is 0 Å². The number of rotatable bonds is 4. The van der Waals surface area contributed by atoms with E-state index in [2.05, 4.69) is 43.3 Å². The van der Waals surface area contributed by atoms with E-state index >= 15 is 0 Å². The van der Waals surface area contributed by atoms with Crippen molar-refractivity contribution >= 4 is 0 Å². The highest BCUT2D eigenvalue weighted by Crippen LogP contribution is 2.28. The van der Waals surface area contributed by atoms with Gasteiger partial charge in [-0.05, 0) is 36.1 Å². The van der Waals surface area contributed by atoms with Crippen LogP contribution in [-0.4, -0.2) is 5.26 Å². The number of hydrogen-bond acceptors (Lipinski definition) is 2. The highest BCUT2D eigenvalue weighted by Gasteiger charge is 2.14. The molecular weight excluding hydrogens is 284 g/mol. The molecule has 116 valence electrons. The molecule has 1 atom stereocenters. The molecule has 0 aliphatic rings. The van der Waals surface area contributed by atoms with Gasteiger partial charge in [-0.15, -0.1) is 0 Å². The third-order valence-electron chi connectivity index (χ3n) is 4.08. The molecule has 0 aliphatic carbocycles. The number of aryl methyl sites for hydroxylation is 2. The molecule has 0 spiro atoms. The Bertz CT molecular complexity index is 756. The van der Waals surface area contributed by atoms with Crippen molar-refractivity contribution in [3.8, 4) is 11.1 Å². The van der Waals surface area contributed by atoms with Crippen molar-refractivity contribution in [3.05, 3.63) is 95.1 Å². The molecule has 0 radical (unpaired) electrons. The van der Waals surface area contributed by atoms with Gasteiger partial charge in [-0.1, -0.05) is 83.9 Å². The largest absolute Gasteiger partial charge is 0.251 e. The Morgan fingerprint density at radius 2 is 0.957 bits per heavy atom. The fourth-order valence-corrected chi connectivity index (χ4v) is 2.65. The smallest absolute Gasteiger partial charge is 0.143 e. The molecule has 0 fully saturated rings. The monoisotopic (exact) mass is 304 g/mol. The predicted octanol–water partition coefficient (Wildman–Crippen LogP) is 5.55. The Morgan fingerprint density at radius 3 is 1.39 bits per heavy atom. The molecule has 0 saturated carbocycles. The second-order valence-corrected chi connectivity index (χ2v) is 5.88. The lowest BCUT2D eigenvalue weighted by Gasteiger charge is -2.15. The van der Waals surface area contributed by atoms with Crippen LogP contribution in [-0.2, 0) is 4.89 Å². The molecule has 2 nitrogen and oxygen atoms in total. The molecule has 3 aromatic carbocycles. The fourth-order valence-electron chi connectivity index (χ4n) is 2.65. The van der Waals surface area contributed by atoms with Crippen molar-refractivity contribution < 1.29 is 10.1 Å². The van der Waals surface area contributed by atoms with Gasteiger partial charge in [-0.25, -0.2) is 4.89 Å². The van der Waals surface area contributed by atoms with E-state index < -0.39 is 6.10 Å². The normalized spacial score (nSPS) is 12.1. The van der Waals surface area contributed by atoms with Crippen LogP contribution in [0.2, 0.25) is 0 Å². The summed E-state index contributed by atoms with van der Waals surface area (Å²) in [6.07, 6.45) is -0.470. The highest BCUT2D eigenvalue weighted by molar-refractivity contribution is 5.64. The average molecular weight is 304 g/mol. The van der Waals surface area contributed by atoms with Crippen LogP contribution < -0.4 is 0 Å². The second kappa shape index (κ2) is 6.78. The summed E-state index contributed by atoms with van der Waals surface area (Å²) in [6.45, 7) is 4.12. The molecule has 0 saturated heterocycles. The third kappa shape index (κ3) is 3.50. The molecule has 1 N–H and O–H groups in total. The van der Waals surface area contributed by atoms with Crippen LogP contribution in [0, 0.1) is 13.8 Å². The van der Waals surface area contributed by atoms with Gasteiger partial charge in [0.15, 0.2) is 0 Å². The molecule has 3 rings (SSSR count). The summed E-state index contributed by atoms with van der Waals surface area (Å²) in [4.78, 5) is 4.72. The Labute approximate surface area is 136 Å². The quantitative estimate of drug-likeness (QED) is 0.506. The predicted molar refractivity (Wildman–Crippen MR) is 93.4 cm³/mol. The summed E-state index contributed by atoms with van der Waals surface area (Å²) < 4.78 is 0. The van der Waals surface area contributed by atoms with E-state index in [0.717, 1.165) is 16.7 Å². The first-order valence-corrected chi connectivity index (χ1v) is 7.71. The molecule has 0 bridgehead atoms. The topological polar surface area (TPSA) is 29.5 Å². The molecule has 3 aromatic rings. The zero-order valence-corrected chi connectivity index (χ0v) is 13.4. The molecule has 0 aromatic heterocycles. The molecule has 0 heterocycles. The highest BCUT2D eigenvalue weighted by atomic mass is 17.1. The summed E-state index contributed by atoms with van der Waals surface area (Å²) in [7, 11) is 0. The maximum atomic E-state index is 9.32. The van der Waals surface area contributed by atoms with Crippen LogP contribution in [0.15, 0.2) is 72.8 Å². The number of hydrogen-bond donors (Lipinski definition) is 1. The average Bonchev–Trinajstić information content (AvgIpc) is 2.59. The van der Waals surface area contributed by atoms with Gasteiger partial charge in [-0.3, -0.25) is 5.26 Å². The van der Waals surface area contributed by atoms with Crippen molar-refractivity contribution in [3.63, 3.8) is 0 Å². The molecular formula is C21H20O2. The van der Waals surface area contributed by atoms with Crippen LogP contribution in [0.1, 0.15) is 28.4 Å². The zero-order chi connectivity index (χ0) is 16.2. The van der Waals surface area contributed by atoms with Crippen LogP contribution in [0.4, 0.5) is 0 Å². The van der Waals surface area contributed by atoms with Gasteiger partial charge in [0.25, 0.3) is 0 Å². The second-order valence-electron chi connectivity index (χ2n) is 5.88. The van der Waals surface area contributed by atoms with Gasteiger partial charge in [0.2, 0.25) is 0 Å². The molecule has 1 unspecified atom stereocenters. The van der Waals surface area contributed by atoms with Crippen LogP contribution in [0.5, 0.6) is 0 Å². The molecule has 0 aliphatic heterocycles. The van der Waals surface area contributed by atoms with E-state index in [4.69, 9.17) is 4.89 Å². The minimum Gasteiger partial charge on any atom is -0.251 e. The first-order valence-electron chi connectivity index (χ1n) is 7.71. The summed E-state index contributed by atoms with van der Waals surface area (Å²) in [6, 6.07) is 24.5.